The Morgan fingerprint density at radius 3 is 2.41 bits per heavy atom. The molecule has 0 aliphatic heterocycles. The third-order valence-corrected chi connectivity index (χ3v) is 4.63. The Morgan fingerprint density at radius 1 is 1.18 bits per heavy atom. The normalized spacial score (nSPS) is 12.6. The van der Waals surface area contributed by atoms with Gasteiger partial charge in [-0.15, -0.1) is 0 Å². The number of carbonyl (C=O) groups excluding carboxylic acids is 1. The summed E-state index contributed by atoms with van der Waals surface area (Å²) >= 11 is 1.68. The third kappa shape index (κ3) is 4.42. The molecular weight excluding hydrogens is 292 g/mol. The predicted octanol–water partition coefficient (Wildman–Crippen LogP) is 4.33. The van der Waals surface area contributed by atoms with Crippen molar-refractivity contribution in [1.82, 2.24) is 4.90 Å². The first-order chi connectivity index (χ1) is 10.5. The van der Waals surface area contributed by atoms with Gasteiger partial charge in [-0.1, -0.05) is 26.0 Å². The van der Waals surface area contributed by atoms with Gasteiger partial charge in [0.1, 0.15) is 0 Å². The maximum Gasteiger partial charge on any atom is 0.241 e. The second kappa shape index (κ2) is 7.56. The second-order valence-electron chi connectivity index (χ2n) is 5.99. The van der Waals surface area contributed by atoms with Crippen molar-refractivity contribution in [1.29, 1.82) is 0 Å². The van der Waals surface area contributed by atoms with E-state index in [9.17, 15) is 4.79 Å². The van der Waals surface area contributed by atoms with Gasteiger partial charge in [-0.25, -0.2) is 0 Å². The Bertz CT molecular complexity index is 590. The Balaban J connectivity index is 1.92. The summed E-state index contributed by atoms with van der Waals surface area (Å²) in [6.07, 6.45) is 0. The van der Waals surface area contributed by atoms with Crippen molar-refractivity contribution in [3.05, 3.63) is 52.2 Å². The lowest BCUT2D eigenvalue weighted by molar-refractivity contribution is -0.120. The lowest BCUT2D eigenvalue weighted by Gasteiger charge is -2.23. The van der Waals surface area contributed by atoms with Crippen LogP contribution in [-0.2, 0) is 11.3 Å². The van der Waals surface area contributed by atoms with E-state index in [4.69, 9.17) is 0 Å². The van der Waals surface area contributed by atoms with Gasteiger partial charge in [-0.05, 0) is 60.0 Å². The van der Waals surface area contributed by atoms with Crippen molar-refractivity contribution >= 4 is 22.9 Å². The van der Waals surface area contributed by atoms with Crippen molar-refractivity contribution in [3.8, 4) is 0 Å². The van der Waals surface area contributed by atoms with Gasteiger partial charge in [0.15, 0.2) is 0 Å². The fraction of sp³-hybridized carbons (Fsp3) is 0.389. The maximum absolute atomic E-state index is 12.4. The molecule has 1 atom stereocenters. The number of anilines is 1. The topological polar surface area (TPSA) is 32.3 Å². The van der Waals surface area contributed by atoms with Crippen LogP contribution in [0.2, 0.25) is 0 Å². The van der Waals surface area contributed by atoms with E-state index >= 15 is 0 Å². The Labute approximate surface area is 137 Å². The van der Waals surface area contributed by atoms with Crippen LogP contribution < -0.4 is 5.32 Å². The zero-order valence-electron chi connectivity index (χ0n) is 13.7. The lowest BCUT2D eigenvalue weighted by Crippen LogP contribution is -2.39. The van der Waals surface area contributed by atoms with Gasteiger partial charge in [0.2, 0.25) is 5.91 Å². The van der Waals surface area contributed by atoms with Gasteiger partial charge in [0.25, 0.3) is 0 Å². The molecule has 3 nitrogen and oxygen atoms in total. The molecule has 0 bridgehead atoms. The van der Waals surface area contributed by atoms with Crippen LogP contribution in [0.5, 0.6) is 0 Å². The first-order valence-electron chi connectivity index (χ1n) is 7.59. The van der Waals surface area contributed by atoms with Crippen molar-refractivity contribution in [2.45, 2.75) is 39.3 Å². The molecular formula is C18H24N2OS. The molecule has 22 heavy (non-hydrogen) atoms. The molecule has 2 rings (SSSR count). The van der Waals surface area contributed by atoms with Crippen LogP contribution >= 0.6 is 11.3 Å². The van der Waals surface area contributed by atoms with Gasteiger partial charge in [0.05, 0.1) is 6.04 Å². The summed E-state index contributed by atoms with van der Waals surface area (Å²) in [6.45, 7) is 7.04. The Kier molecular flexibility index (Phi) is 5.75. The van der Waals surface area contributed by atoms with E-state index in [0.29, 0.717) is 5.92 Å². The van der Waals surface area contributed by atoms with E-state index in [1.165, 1.54) is 11.1 Å². The lowest BCUT2D eigenvalue weighted by atomic mass is 10.0. The highest BCUT2D eigenvalue weighted by Crippen LogP contribution is 2.18. The van der Waals surface area contributed by atoms with Gasteiger partial charge in [-0.2, -0.15) is 11.3 Å². The summed E-state index contributed by atoms with van der Waals surface area (Å²) in [4.78, 5) is 14.4. The van der Waals surface area contributed by atoms with Gasteiger partial charge >= 0.3 is 0 Å². The molecule has 118 valence electrons. The zero-order chi connectivity index (χ0) is 16.1. The highest BCUT2D eigenvalue weighted by Gasteiger charge is 2.18. The molecule has 1 heterocycles. The smallest absolute Gasteiger partial charge is 0.241 e. The van der Waals surface area contributed by atoms with Gasteiger partial charge in [0, 0.05) is 12.2 Å². The van der Waals surface area contributed by atoms with E-state index in [2.05, 4.69) is 53.0 Å². The fourth-order valence-corrected chi connectivity index (χ4v) is 2.87. The van der Waals surface area contributed by atoms with E-state index in [-0.39, 0.29) is 11.9 Å². The van der Waals surface area contributed by atoms with Gasteiger partial charge in [-0.3, -0.25) is 9.69 Å². The largest absolute Gasteiger partial charge is 0.325 e. The van der Waals surface area contributed by atoms with Crippen LogP contribution in [0.15, 0.2) is 41.1 Å². The summed E-state index contributed by atoms with van der Waals surface area (Å²) < 4.78 is 0. The molecule has 0 spiro atoms. The quantitative estimate of drug-likeness (QED) is 0.860. The summed E-state index contributed by atoms with van der Waals surface area (Å²) in [7, 11) is 1.98. The van der Waals surface area contributed by atoms with E-state index in [0.717, 1.165) is 12.2 Å². The molecule has 1 amide bonds. The molecule has 1 aromatic heterocycles. The average molecular weight is 316 g/mol. The number of amides is 1. The zero-order valence-corrected chi connectivity index (χ0v) is 14.5. The first-order valence-corrected chi connectivity index (χ1v) is 8.53. The minimum absolute atomic E-state index is 0.0232. The number of hydrogen-bond donors (Lipinski definition) is 1. The van der Waals surface area contributed by atoms with Crippen LogP contribution in [0, 0.1) is 0 Å². The van der Waals surface area contributed by atoms with Crippen LogP contribution in [0.4, 0.5) is 5.69 Å². The van der Waals surface area contributed by atoms with Crippen molar-refractivity contribution in [2.24, 2.45) is 0 Å². The molecule has 0 saturated carbocycles. The van der Waals surface area contributed by atoms with Crippen molar-refractivity contribution in [3.63, 3.8) is 0 Å². The molecule has 1 aromatic carbocycles. The Morgan fingerprint density at radius 2 is 1.86 bits per heavy atom. The number of rotatable bonds is 6. The van der Waals surface area contributed by atoms with Crippen molar-refractivity contribution < 1.29 is 4.79 Å². The maximum atomic E-state index is 12.4. The van der Waals surface area contributed by atoms with E-state index in [1.54, 1.807) is 11.3 Å². The van der Waals surface area contributed by atoms with Gasteiger partial charge < -0.3 is 5.32 Å². The summed E-state index contributed by atoms with van der Waals surface area (Å²) in [5.74, 6) is 0.524. The molecule has 4 heteroatoms. The number of likely N-dealkylation sites (N-methyl/N-ethyl adjacent to an activating group) is 1. The van der Waals surface area contributed by atoms with Crippen molar-refractivity contribution in [2.75, 3.05) is 12.4 Å². The standard InChI is InChI=1S/C18H24N2OS/c1-13(2)16-5-7-17(8-6-16)19-18(21)14(3)20(4)11-15-9-10-22-12-15/h5-10,12-14H,11H2,1-4H3,(H,19,21)/t14-/m1/s1. The number of thiophene rings is 1. The number of nitrogens with zero attached hydrogens (tertiary/aromatic N) is 1. The molecule has 0 radical (unpaired) electrons. The molecule has 0 saturated heterocycles. The minimum atomic E-state index is -0.176. The van der Waals surface area contributed by atoms with E-state index in [1.807, 2.05) is 26.1 Å². The molecule has 0 aliphatic carbocycles. The third-order valence-electron chi connectivity index (χ3n) is 3.90. The summed E-state index contributed by atoms with van der Waals surface area (Å²) in [5, 5.41) is 7.17. The highest BCUT2D eigenvalue weighted by atomic mass is 32.1. The minimum Gasteiger partial charge on any atom is -0.325 e. The molecule has 2 aromatic rings. The highest BCUT2D eigenvalue weighted by molar-refractivity contribution is 7.07. The first kappa shape index (κ1) is 16.7. The van der Waals surface area contributed by atoms with Crippen LogP contribution in [0.1, 0.15) is 37.8 Å². The fourth-order valence-electron chi connectivity index (χ4n) is 2.21. The SMILES string of the molecule is CC(C)c1ccc(NC(=O)[C@@H](C)N(C)Cc2ccsc2)cc1. The van der Waals surface area contributed by atoms with Crippen LogP contribution in [0.25, 0.3) is 0 Å². The summed E-state index contributed by atoms with van der Waals surface area (Å²) in [5.41, 5.74) is 3.37. The predicted molar refractivity (Wildman–Crippen MR) is 94.4 cm³/mol. The Hall–Kier alpha value is -1.65. The van der Waals surface area contributed by atoms with Crippen LogP contribution in [0.3, 0.4) is 0 Å². The number of hydrogen-bond acceptors (Lipinski definition) is 3. The van der Waals surface area contributed by atoms with Crippen LogP contribution in [-0.4, -0.2) is 23.9 Å². The second-order valence-corrected chi connectivity index (χ2v) is 6.77. The summed E-state index contributed by atoms with van der Waals surface area (Å²) in [6, 6.07) is 10.00. The number of benzene rings is 1. The average Bonchev–Trinajstić information content (AvgIpc) is 2.99. The van der Waals surface area contributed by atoms with E-state index < -0.39 is 0 Å². The number of carbonyl (C=O) groups is 1. The number of nitrogens with one attached hydrogen (secondary N) is 1. The molecule has 0 fully saturated rings. The molecule has 0 aliphatic rings. The molecule has 1 N–H and O–H groups in total. The molecule has 0 unspecified atom stereocenters. The monoisotopic (exact) mass is 316 g/mol.